The Morgan fingerprint density at radius 2 is 2.09 bits per heavy atom. The van der Waals surface area contributed by atoms with Gasteiger partial charge in [-0.2, -0.15) is 0 Å². The molecule has 1 fully saturated rings. The summed E-state index contributed by atoms with van der Waals surface area (Å²) >= 11 is 1.25. The molecule has 2 atom stereocenters. The van der Waals surface area contributed by atoms with Crippen LogP contribution in [0.15, 0.2) is 39.2 Å². The van der Waals surface area contributed by atoms with E-state index >= 15 is 0 Å². The summed E-state index contributed by atoms with van der Waals surface area (Å²) in [7, 11) is 1.26. The van der Waals surface area contributed by atoms with Crippen molar-refractivity contribution in [3.05, 3.63) is 35.4 Å². The van der Waals surface area contributed by atoms with E-state index in [2.05, 4.69) is 20.6 Å². The van der Waals surface area contributed by atoms with E-state index in [1.165, 1.54) is 31.2 Å². The van der Waals surface area contributed by atoms with Crippen molar-refractivity contribution in [3.8, 4) is 0 Å². The van der Waals surface area contributed by atoms with E-state index in [4.69, 9.17) is 9.15 Å². The number of nitrogens with one attached hydrogen (secondary N) is 2. The van der Waals surface area contributed by atoms with Gasteiger partial charge in [-0.1, -0.05) is 5.16 Å². The number of ether oxygens (including phenoxy) is 1. The largest absolute Gasteiger partial charge is 0.477 e. The van der Waals surface area contributed by atoms with Crippen molar-refractivity contribution in [2.45, 2.75) is 37.7 Å². The van der Waals surface area contributed by atoms with Gasteiger partial charge in [0, 0.05) is 16.9 Å². The molecule has 0 saturated carbocycles. The number of furan rings is 1. The van der Waals surface area contributed by atoms with Gasteiger partial charge in [0.1, 0.15) is 30.8 Å². The van der Waals surface area contributed by atoms with Gasteiger partial charge < -0.3 is 29.7 Å². The lowest BCUT2D eigenvalue weighted by Crippen LogP contribution is -2.71. The molecule has 13 heteroatoms. The number of rotatable bonds is 7. The third-order valence-electron chi connectivity index (χ3n) is 4.54. The summed E-state index contributed by atoms with van der Waals surface area (Å²) in [5.41, 5.74) is -0.659. The first-order valence-electron chi connectivity index (χ1n) is 9.84. The molecule has 3 N–H and O–H groups in total. The van der Waals surface area contributed by atoms with Crippen LogP contribution in [-0.4, -0.2) is 76.0 Å². The number of oxime groups is 1. The van der Waals surface area contributed by atoms with Gasteiger partial charge in [-0.3, -0.25) is 14.5 Å². The van der Waals surface area contributed by atoms with E-state index in [9.17, 15) is 24.3 Å². The minimum Gasteiger partial charge on any atom is -0.477 e. The maximum absolute atomic E-state index is 12.8. The van der Waals surface area contributed by atoms with Gasteiger partial charge in [0.2, 0.25) is 5.71 Å². The van der Waals surface area contributed by atoms with Crippen LogP contribution < -0.4 is 10.6 Å². The van der Waals surface area contributed by atoms with Crippen LogP contribution in [0.5, 0.6) is 0 Å². The van der Waals surface area contributed by atoms with E-state index < -0.39 is 40.8 Å². The standard InChI is InChI=1S/C20H24N4O8S/c1-20(2,3)22-19(29)32-8-10-9-33-17-13(16(26)24(17)14(10)18(27)28)21-15(25)12(23-30-4)11-6-5-7-31-11/h5-7,13,17H,8-9H2,1-4H3,(H,21,25)(H,22,29)(H,27,28)/t13-,17-/m1/s1. The van der Waals surface area contributed by atoms with Crippen molar-refractivity contribution >= 4 is 41.4 Å². The molecule has 0 aliphatic carbocycles. The molecular formula is C20H24N4O8S. The summed E-state index contributed by atoms with van der Waals surface area (Å²) < 4.78 is 10.3. The predicted molar refractivity (Wildman–Crippen MR) is 116 cm³/mol. The zero-order chi connectivity index (χ0) is 24.3. The van der Waals surface area contributed by atoms with Crippen molar-refractivity contribution in [1.29, 1.82) is 0 Å². The zero-order valence-electron chi connectivity index (χ0n) is 18.4. The van der Waals surface area contributed by atoms with Crippen molar-refractivity contribution in [2.24, 2.45) is 5.16 Å². The highest BCUT2D eigenvalue weighted by Crippen LogP contribution is 2.40. The fourth-order valence-corrected chi connectivity index (χ4v) is 4.53. The topological polar surface area (TPSA) is 160 Å². The van der Waals surface area contributed by atoms with Gasteiger partial charge in [-0.15, -0.1) is 11.8 Å². The number of carbonyl (C=O) groups is 4. The normalized spacial score (nSPS) is 20.5. The fourth-order valence-electron chi connectivity index (χ4n) is 3.20. The first-order chi connectivity index (χ1) is 15.5. The van der Waals surface area contributed by atoms with E-state index in [1.807, 2.05) is 0 Å². The number of aliphatic carboxylic acids is 1. The summed E-state index contributed by atoms with van der Waals surface area (Å²) in [6.45, 7) is 5.05. The number of amides is 3. The number of alkyl carbamates (subject to hydrolysis) is 1. The smallest absolute Gasteiger partial charge is 0.407 e. The lowest BCUT2D eigenvalue weighted by Gasteiger charge is -2.49. The van der Waals surface area contributed by atoms with Gasteiger partial charge in [-0.25, -0.2) is 9.59 Å². The summed E-state index contributed by atoms with van der Waals surface area (Å²) in [6, 6.07) is 2.10. The predicted octanol–water partition coefficient (Wildman–Crippen LogP) is 0.893. The first-order valence-corrected chi connectivity index (χ1v) is 10.9. The lowest BCUT2D eigenvalue weighted by atomic mass is 10.0. The Morgan fingerprint density at radius 3 is 2.67 bits per heavy atom. The van der Waals surface area contributed by atoms with Gasteiger partial charge >= 0.3 is 12.1 Å². The molecule has 33 heavy (non-hydrogen) atoms. The van der Waals surface area contributed by atoms with Crippen molar-refractivity contribution in [3.63, 3.8) is 0 Å². The third kappa shape index (κ3) is 5.30. The van der Waals surface area contributed by atoms with Crippen LogP contribution in [0.2, 0.25) is 0 Å². The molecule has 3 heterocycles. The second-order valence-corrected chi connectivity index (χ2v) is 9.27. The Balaban J connectivity index is 1.71. The SMILES string of the molecule is CON=C(C(=O)N[C@@H]1C(=O)N2C(C(=O)O)=C(COC(=O)NC(C)(C)C)CS[C@H]12)c1ccco1. The minimum absolute atomic E-state index is 0.147. The molecule has 0 radical (unpaired) electrons. The molecule has 1 saturated heterocycles. The number of carboxylic acids is 1. The zero-order valence-corrected chi connectivity index (χ0v) is 19.2. The number of hydrogen-bond donors (Lipinski definition) is 3. The van der Waals surface area contributed by atoms with Gasteiger partial charge in [0.15, 0.2) is 5.76 Å². The fraction of sp³-hybridized carbons (Fsp3) is 0.450. The Hall–Kier alpha value is -3.48. The van der Waals surface area contributed by atoms with Crippen LogP contribution in [0, 0.1) is 0 Å². The highest BCUT2D eigenvalue weighted by atomic mass is 32.2. The second kappa shape index (κ2) is 9.57. The Bertz CT molecular complexity index is 1010. The van der Waals surface area contributed by atoms with Crippen LogP contribution in [0.4, 0.5) is 4.79 Å². The molecule has 0 spiro atoms. The Morgan fingerprint density at radius 1 is 1.36 bits per heavy atom. The number of hydrogen-bond acceptors (Lipinski definition) is 9. The Labute approximate surface area is 193 Å². The van der Waals surface area contributed by atoms with Gasteiger partial charge in [0.05, 0.1) is 6.26 Å². The van der Waals surface area contributed by atoms with Gasteiger partial charge in [0.25, 0.3) is 11.8 Å². The average molecular weight is 480 g/mol. The number of fused-ring (bicyclic) bond motifs is 1. The summed E-state index contributed by atoms with van der Waals surface area (Å²) in [6.07, 6.45) is 0.658. The molecule has 0 bridgehead atoms. The molecule has 12 nitrogen and oxygen atoms in total. The second-order valence-electron chi connectivity index (χ2n) is 8.17. The van der Waals surface area contributed by atoms with Crippen LogP contribution in [-0.2, 0) is 24.0 Å². The highest BCUT2D eigenvalue weighted by Gasteiger charge is 2.54. The minimum atomic E-state index is -1.33. The molecule has 3 rings (SSSR count). The van der Waals surface area contributed by atoms with E-state index in [1.54, 1.807) is 26.8 Å². The van der Waals surface area contributed by atoms with Crippen LogP contribution in [0.3, 0.4) is 0 Å². The number of carboxylic acid groups (broad SMARTS) is 1. The maximum Gasteiger partial charge on any atom is 0.407 e. The van der Waals surface area contributed by atoms with Gasteiger partial charge in [-0.05, 0) is 32.9 Å². The number of nitrogens with zero attached hydrogens (tertiary/aromatic N) is 2. The molecule has 1 aromatic rings. The first kappa shape index (κ1) is 24.2. The van der Waals surface area contributed by atoms with Crippen molar-refractivity contribution in [1.82, 2.24) is 15.5 Å². The number of β-lactam (4-membered cyclic amide) rings is 1. The highest BCUT2D eigenvalue weighted by molar-refractivity contribution is 8.00. The van der Waals surface area contributed by atoms with Crippen LogP contribution >= 0.6 is 11.8 Å². The molecule has 1 aromatic heterocycles. The monoisotopic (exact) mass is 480 g/mol. The average Bonchev–Trinajstić information content (AvgIpc) is 3.26. The molecule has 178 valence electrons. The molecule has 2 aliphatic heterocycles. The molecule has 3 amide bonds. The summed E-state index contributed by atoms with van der Waals surface area (Å²) in [5, 5.41) is 17.9. The number of carbonyl (C=O) groups excluding carboxylic acids is 3. The van der Waals surface area contributed by atoms with Crippen LogP contribution in [0.1, 0.15) is 26.5 Å². The van der Waals surface area contributed by atoms with E-state index in [0.29, 0.717) is 0 Å². The number of thioether (sulfide) groups is 1. The molecule has 0 unspecified atom stereocenters. The molecule has 2 aliphatic rings. The van der Waals surface area contributed by atoms with Crippen molar-refractivity contribution in [2.75, 3.05) is 19.5 Å². The molecular weight excluding hydrogens is 456 g/mol. The van der Waals surface area contributed by atoms with E-state index in [-0.39, 0.29) is 35.1 Å². The van der Waals surface area contributed by atoms with Crippen molar-refractivity contribution < 1.29 is 38.3 Å². The third-order valence-corrected chi connectivity index (χ3v) is 5.88. The lowest BCUT2D eigenvalue weighted by molar-refractivity contribution is -0.150. The van der Waals surface area contributed by atoms with Crippen LogP contribution in [0.25, 0.3) is 0 Å². The Kier molecular flexibility index (Phi) is 7.01. The summed E-state index contributed by atoms with van der Waals surface area (Å²) in [4.78, 5) is 55.0. The quantitative estimate of drug-likeness (QED) is 0.293. The maximum atomic E-state index is 12.8. The molecule has 0 aromatic carbocycles. The van der Waals surface area contributed by atoms with E-state index in [0.717, 1.165) is 4.90 Å². The summed E-state index contributed by atoms with van der Waals surface area (Å²) in [5.74, 6) is -2.30.